The van der Waals surface area contributed by atoms with Gasteiger partial charge in [-0.2, -0.15) is 23.4 Å². The number of anilines is 1. The van der Waals surface area contributed by atoms with Crippen LogP contribution >= 0.6 is 0 Å². The number of rotatable bonds is 2. The molecule has 5 rings (SSSR count). The standard InChI is InChI=1S/C18H15F3N6O/c19-18(20,21)17-11(9-23-26-17)14-7-15(27-3-5-28-6-4-27)16-10-8-22-25-12(10)1-2-13(16)24-14/h1-2,7-9H,3-6H2,(H,22,25)(H,23,26). The third-order valence-corrected chi connectivity index (χ3v) is 4.91. The summed E-state index contributed by atoms with van der Waals surface area (Å²) in [5.74, 6) is 0. The number of hydrogen-bond acceptors (Lipinski definition) is 5. The molecule has 10 heteroatoms. The van der Waals surface area contributed by atoms with Crippen molar-refractivity contribution in [3.63, 3.8) is 0 Å². The van der Waals surface area contributed by atoms with E-state index in [0.29, 0.717) is 31.8 Å². The maximum absolute atomic E-state index is 13.4. The zero-order chi connectivity index (χ0) is 19.3. The number of ether oxygens (including phenoxy) is 1. The van der Waals surface area contributed by atoms with Crippen LogP contribution in [-0.2, 0) is 10.9 Å². The first-order valence-corrected chi connectivity index (χ1v) is 8.73. The summed E-state index contributed by atoms with van der Waals surface area (Å²) in [7, 11) is 0. The number of pyridine rings is 1. The summed E-state index contributed by atoms with van der Waals surface area (Å²) >= 11 is 0. The number of benzene rings is 1. The van der Waals surface area contributed by atoms with Crippen LogP contribution in [0.25, 0.3) is 33.1 Å². The van der Waals surface area contributed by atoms with E-state index in [1.165, 1.54) is 6.20 Å². The lowest BCUT2D eigenvalue weighted by molar-refractivity contribution is -0.140. The van der Waals surface area contributed by atoms with Crippen LogP contribution in [0.3, 0.4) is 0 Å². The fourth-order valence-electron chi connectivity index (χ4n) is 3.62. The van der Waals surface area contributed by atoms with E-state index < -0.39 is 11.9 Å². The first-order valence-electron chi connectivity index (χ1n) is 8.73. The SMILES string of the molecule is FC(F)(F)c1n[nH]cc1-c1cc(N2CCOCC2)c2c(ccc3[nH]ncc32)n1. The molecular weight excluding hydrogens is 373 g/mol. The second kappa shape index (κ2) is 6.20. The minimum atomic E-state index is -4.57. The van der Waals surface area contributed by atoms with Crippen LogP contribution in [-0.4, -0.2) is 51.7 Å². The highest BCUT2D eigenvalue weighted by molar-refractivity contribution is 6.12. The summed E-state index contributed by atoms with van der Waals surface area (Å²) in [5, 5.41) is 14.5. The number of fused-ring (bicyclic) bond motifs is 3. The maximum Gasteiger partial charge on any atom is 0.435 e. The first kappa shape index (κ1) is 17.0. The Morgan fingerprint density at radius 2 is 1.96 bits per heavy atom. The minimum Gasteiger partial charge on any atom is -0.378 e. The lowest BCUT2D eigenvalue weighted by Gasteiger charge is -2.30. The predicted molar refractivity (Wildman–Crippen MR) is 97.0 cm³/mol. The first-order chi connectivity index (χ1) is 13.5. The van der Waals surface area contributed by atoms with E-state index in [0.717, 1.165) is 22.0 Å². The monoisotopic (exact) mass is 388 g/mol. The van der Waals surface area contributed by atoms with Gasteiger partial charge in [-0.05, 0) is 18.2 Å². The smallest absolute Gasteiger partial charge is 0.378 e. The molecule has 4 heterocycles. The lowest BCUT2D eigenvalue weighted by Crippen LogP contribution is -2.36. The summed E-state index contributed by atoms with van der Waals surface area (Å²) in [6.07, 6.45) is -1.63. The van der Waals surface area contributed by atoms with E-state index in [4.69, 9.17) is 4.74 Å². The summed E-state index contributed by atoms with van der Waals surface area (Å²) in [4.78, 5) is 6.63. The molecule has 4 aromatic rings. The molecule has 2 N–H and O–H groups in total. The van der Waals surface area contributed by atoms with E-state index in [-0.39, 0.29) is 11.3 Å². The van der Waals surface area contributed by atoms with Gasteiger partial charge in [0.1, 0.15) is 0 Å². The van der Waals surface area contributed by atoms with Gasteiger partial charge in [-0.25, -0.2) is 4.98 Å². The van der Waals surface area contributed by atoms with Gasteiger partial charge in [0.05, 0.1) is 41.7 Å². The number of morpholine rings is 1. The van der Waals surface area contributed by atoms with Crippen molar-refractivity contribution < 1.29 is 17.9 Å². The van der Waals surface area contributed by atoms with Gasteiger partial charge in [0.25, 0.3) is 0 Å². The normalized spacial score (nSPS) is 15.6. The van der Waals surface area contributed by atoms with Gasteiger partial charge in [0, 0.05) is 35.7 Å². The molecular formula is C18H15F3N6O. The molecule has 1 fully saturated rings. The fraction of sp³-hybridized carbons (Fsp3) is 0.278. The van der Waals surface area contributed by atoms with Crippen molar-refractivity contribution in [3.05, 3.63) is 36.3 Å². The van der Waals surface area contributed by atoms with Gasteiger partial charge in [0.2, 0.25) is 0 Å². The Balaban J connectivity index is 1.79. The molecule has 0 unspecified atom stereocenters. The number of aromatic amines is 2. The number of H-pyrrole nitrogens is 2. The maximum atomic E-state index is 13.4. The van der Waals surface area contributed by atoms with Crippen LogP contribution in [0.5, 0.6) is 0 Å². The van der Waals surface area contributed by atoms with Crippen molar-refractivity contribution in [2.45, 2.75) is 6.18 Å². The highest BCUT2D eigenvalue weighted by Crippen LogP contribution is 2.39. The van der Waals surface area contributed by atoms with Gasteiger partial charge in [-0.1, -0.05) is 0 Å². The van der Waals surface area contributed by atoms with Crippen molar-refractivity contribution in [2.75, 3.05) is 31.2 Å². The van der Waals surface area contributed by atoms with Crippen LogP contribution in [0.15, 0.2) is 30.6 Å². The number of alkyl halides is 3. The molecule has 0 bridgehead atoms. The van der Waals surface area contributed by atoms with Crippen LogP contribution < -0.4 is 4.90 Å². The Labute approximate surface area is 156 Å². The van der Waals surface area contributed by atoms with Crippen molar-refractivity contribution in [2.24, 2.45) is 0 Å². The van der Waals surface area contributed by atoms with E-state index >= 15 is 0 Å². The average Bonchev–Trinajstić information content (AvgIpc) is 3.36. The molecule has 0 amide bonds. The van der Waals surface area contributed by atoms with Crippen LogP contribution in [0.4, 0.5) is 18.9 Å². The highest BCUT2D eigenvalue weighted by atomic mass is 19.4. The molecule has 0 aliphatic carbocycles. The molecule has 3 aromatic heterocycles. The predicted octanol–water partition coefficient (Wildman–Crippen LogP) is 3.36. The third-order valence-electron chi connectivity index (χ3n) is 4.91. The molecule has 1 aliphatic rings. The van der Waals surface area contributed by atoms with Crippen LogP contribution in [0, 0.1) is 0 Å². The van der Waals surface area contributed by atoms with Crippen LogP contribution in [0.2, 0.25) is 0 Å². The van der Waals surface area contributed by atoms with Crippen LogP contribution in [0.1, 0.15) is 5.69 Å². The quantitative estimate of drug-likeness (QED) is 0.550. The third kappa shape index (κ3) is 2.68. The number of hydrogen-bond donors (Lipinski definition) is 2. The molecule has 0 atom stereocenters. The zero-order valence-corrected chi connectivity index (χ0v) is 14.5. The Morgan fingerprint density at radius 3 is 2.75 bits per heavy atom. The summed E-state index contributed by atoms with van der Waals surface area (Å²) < 4.78 is 45.5. The number of halogens is 3. The summed E-state index contributed by atoms with van der Waals surface area (Å²) in [5.41, 5.74) is 1.42. The fourth-order valence-corrected chi connectivity index (χ4v) is 3.62. The topological polar surface area (TPSA) is 82.7 Å². The highest BCUT2D eigenvalue weighted by Gasteiger charge is 2.37. The Hall–Kier alpha value is -3.14. The molecule has 1 saturated heterocycles. The zero-order valence-electron chi connectivity index (χ0n) is 14.5. The molecule has 7 nitrogen and oxygen atoms in total. The number of nitrogens with zero attached hydrogens (tertiary/aromatic N) is 4. The molecule has 28 heavy (non-hydrogen) atoms. The molecule has 0 spiro atoms. The van der Waals surface area contributed by atoms with E-state index in [2.05, 4.69) is 30.3 Å². The second-order valence-corrected chi connectivity index (χ2v) is 6.56. The second-order valence-electron chi connectivity index (χ2n) is 6.56. The minimum absolute atomic E-state index is 0.0730. The Bertz CT molecular complexity index is 1160. The van der Waals surface area contributed by atoms with E-state index in [1.54, 1.807) is 18.3 Å². The van der Waals surface area contributed by atoms with E-state index in [9.17, 15) is 13.2 Å². The van der Waals surface area contributed by atoms with Crippen molar-refractivity contribution >= 4 is 27.5 Å². The number of aromatic nitrogens is 5. The van der Waals surface area contributed by atoms with Crippen molar-refractivity contribution in [3.8, 4) is 11.3 Å². The van der Waals surface area contributed by atoms with Gasteiger partial charge in [0.15, 0.2) is 5.69 Å². The summed E-state index contributed by atoms with van der Waals surface area (Å²) in [6.45, 7) is 2.40. The average molecular weight is 388 g/mol. The molecule has 144 valence electrons. The van der Waals surface area contributed by atoms with Crippen molar-refractivity contribution in [1.82, 2.24) is 25.4 Å². The Morgan fingerprint density at radius 1 is 1.14 bits per heavy atom. The molecule has 0 radical (unpaired) electrons. The Kier molecular flexibility index (Phi) is 3.76. The molecule has 1 aliphatic heterocycles. The van der Waals surface area contributed by atoms with Gasteiger partial charge >= 0.3 is 6.18 Å². The van der Waals surface area contributed by atoms with Gasteiger partial charge < -0.3 is 9.64 Å². The summed E-state index contributed by atoms with van der Waals surface area (Å²) in [6, 6.07) is 5.31. The van der Waals surface area contributed by atoms with Crippen molar-refractivity contribution in [1.29, 1.82) is 0 Å². The number of nitrogens with one attached hydrogen (secondary N) is 2. The molecule has 1 aromatic carbocycles. The van der Waals surface area contributed by atoms with Gasteiger partial charge in [-0.3, -0.25) is 10.2 Å². The largest absolute Gasteiger partial charge is 0.435 e. The van der Waals surface area contributed by atoms with Gasteiger partial charge in [-0.15, -0.1) is 0 Å². The lowest BCUT2D eigenvalue weighted by atomic mass is 10.0. The molecule has 0 saturated carbocycles. The van der Waals surface area contributed by atoms with E-state index in [1.807, 2.05) is 6.07 Å².